The van der Waals surface area contributed by atoms with Crippen molar-refractivity contribution in [3.63, 3.8) is 0 Å². The standard InChI is InChI=1S/CHF3O3S.H3N/c2-1(3,4)7-8(5)6;/h(H,5,6);1H3/p-1. The number of alkyl halides is 3. The lowest BCUT2D eigenvalue weighted by Crippen LogP contribution is -2.14. The summed E-state index contributed by atoms with van der Waals surface area (Å²) in [5, 5.41) is 0. The van der Waals surface area contributed by atoms with Crippen LogP contribution in [-0.2, 0) is 15.5 Å². The summed E-state index contributed by atoms with van der Waals surface area (Å²) in [5.74, 6) is 0. The summed E-state index contributed by atoms with van der Waals surface area (Å²) in [6.07, 6.45) is -5.09. The lowest BCUT2D eigenvalue weighted by Gasteiger charge is -2.06. The number of rotatable bonds is 1. The van der Waals surface area contributed by atoms with Crippen LogP contribution in [0.25, 0.3) is 0 Å². The zero-order valence-corrected chi connectivity index (χ0v) is 4.79. The van der Waals surface area contributed by atoms with Gasteiger partial charge in [-0.25, -0.2) is 8.39 Å². The first-order chi connectivity index (χ1) is 3.42. The van der Waals surface area contributed by atoms with Crippen LogP contribution in [0.15, 0.2) is 0 Å². The Hall–Kier alpha value is -0.180. The van der Waals surface area contributed by atoms with Crippen molar-refractivity contribution in [1.82, 2.24) is 6.15 Å². The molecule has 4 nitrogen and oxygen atoms in total. The van der Waals surface area contributed by atoms with E-state index in [2.05, 4.69) is 4.18 Å². The van der Waals surface area contributed by atoms with Gasteiger partial charge in [0.15, 0.2) is 0 Å². The molecule has 58 valence electrons. The molecule has 1 atom stereocenters. The van der Waals surface area contributed by atoms with Gasteiger partial charge in [-0.05, 0) is 0 Å². The van der Waals surface area contributed by atoms with Gasteiger partial charge in [0.25, 0.3) is 0 Å². The van der Waals surface area contributed by atoms with Crippen molar-refractivity contribution >= 4 is 11.4 Å². The smallest absolute Gasteiger partial charge is 0.534 e. The molecular weight excluding hydrogens is 163 g/mol. The minimum absolute atomic E-state index is 0. The fourth-order valence-corrected chi connectivity index (χ4v) is 0.231. The Morgan fingerprint density at radius 2 is 1.78 bits per heavy atom. The monoisotopic (exact) mass is 166 g/mol. The number of hydrogen-bond acceptors (Lipinski definition) is 4. The predicted molar refractivity (Wildman–Crippen MR) is 21.1 cm³/mol. The number of hydrogen-bond donors (Lipinski definition) is 1. The number of halogens is 3. The minimum Gasteiger partial charge on any atom is -0.750 e. The lowest BCUT2D eigenvalue weighted by atomic mass is 11.4. The normalized spacial score (nSPS) is 14.2. The molecule has 0 radical (unpaired) electrons. The van der Waals surface area contributed by atoms with Crippen molar-refractivity contribution in [2.24, 2.45) is 0 Å². The van der Waals surface area contributed by atoms with Crippen LogP contribution in [0, 0.1) is 0 Å². The summed E-state index contributed by atoms with van der Waals surface area (Å²) in [7, 11) is 0. The highest BCUT2D eigenvalue weighted by atomic mass is 32.2. The second-order valence-corrected chi connectivity index (χ2v) is 1.31. The van der Waals surface area contributed by atoms with E-state index < -0.39 is 17.7 Å². The zero-order valence-electron chi connectivity index (χ0n) is 3.97. The molecular formula is CH3F3NO3S-. The first-order valence-corrected chi connectivity index (χ1v) is 2.27. The maximum atomic E-state index is 10.7. The van der Waals surface area contributed by atoms with E-state index in [1.54, 1.807) is 0 Å². The van der Waals surface area contributed by atoms with Crippen molar-refractivity contribution in [2.45, 2.75) is 6.36 Å². The molecule has 0 heterocycles. The Balaban J connectivity index is 0. The molecule has 0 rings (SSSR count). The predicted octanol–water partition coefficient (Wildman–Crippen LogP) is 0.479. The fourth-order valence-electron chi connectivity index (χ4n) is 0.0772. The topological polar surface area (TPSA) is 84.4 Å². The van der Waals surface area contributed by atoms with Crippen LogP contribution >= 0.6 is 0 Å². The maximum absolute atomic E-state index is 10.7. The molecule has 8 heteroatoms. The molecule has 0 saturated carbocycles. The maximum Gasteiger partial charge on any atom is 0.534 e. The van der Waals surface area contributed by atoms with Gasteiger partial charge < -0.3 is 10.7 Å². The van der Waals surface area contributed by atoms with Gasteiger partial charge in [0.1, 0.15) is 0 Å². The summed E-state index contributed by atoms with van der Waals surface area (Å²) >= 11 is -3.51. The van der Waals surface area contributed by atoms with Crippen LogP contribution in [0.3, 0.4) is 0 Å². The van der Waals surface area contributed by atoms with Crippen molar-refractivity contribution < 1.29 is 26.1 Å². The molecule has 0 aromatic carbocycles. The molecule has 0 aliphatic heterocycles. The zero-order chi connectivity index (χ0) is 6.78. The minimum atomic E-state index is -5.09. The highest BCUT2D eigenvalue weighted by Gasteiger charge is 2.30. The van der Waals surface area contributed by atoms with E-state index >= 15 is 0 Å². The van der Waals surface area contributed by atoms with Crippen LogP contribution < -0.4 is 6.15 Å². The van der Waals surface area contributed by atoms with Gasteiger partial charge in [0.2, 0.25) is 0 Å². The average molecular weight is 166 g/mol. The summed E-state index contributed by atoms with van der Waals surface area (Å²) < 4.78 is 52.6. The summed E-state index contributed by atoms with van der Waals surface area (Å²) in [4.78, 5) is 0. The second kappa shape index (κ2) is 3.77. The molecule has 0 bridgehead atoms. The van der Waals surface area contributed by atoms with E-state index in [9.17, 15) is 13.2 Å². The summed E-state index contributed by atoms with van der Waals surface area (Å²) in [6.45, 7) is 0. The molecule has 0 aliphatic carbocycles. The molecule has 0 amide bonds. The van der Waals surface area contributed by atoms with Gasteiger partial charge in [-0.2, -0.15) is 0 Å². The largest absolute Gasteiger partial charge is 0.750 e. The molecule has 0 aliphatic rings. The molecule has 1 unspecified atom stereocenters. The van der Waals surface area contributed by atoms with Crippen molar-refractivity contribution in [2.75, 3.05) is 0 Å². The van der Waals surface area contributed by atoms with E-state index in [0.717, 1.165) is 0 Å². The quantitative estimate of drug-likeness (QED) is 0.574. The highest BCUT2D eigenvalue weighted by molar-refractivity contribution is 7.74. The average Bonchev–Trinajstić information content (AvgIpc) is 1.21. The second-order valence-electron chi connectivity index (χ2n) is 0.733. The fraction of sp³-hybridized carbons (Fsp3) is 1.00. The third kappa shape index (κ3) is 11.4. The highest BCUT2D eigenvalue weighted by Crippen LogP contribution is 2.16. The van der Waals surface area contributed by atoms with E-state index in [1.807, 2.05) is 0 Å². The molecule has 3 N–H and O–H groups in total. The van der Waals surface area contributed by atoms with Crippen LogP contribution in [0.4, 0.5) is 13.2 Å². The van der Waals surface area contributed by atoms with Gasteiger partial charge in [-0.1, -0.05) is 0 Å². The van der Waals surface area contributed by atoms with E-state index in [0.29, 0.717) is 0 Å². The van der Waals surface area contributed by atoms with Crippen LogP contribution in [0.2, 0.25) is 0 Å². The van der Waals surface area contributed by atoms with Gasteiger partial charge in [0, 0.05) is 0 Å². The van der Waals surface area contributed by atoms with Gasteiger partial charge in [0.05, 0.1) is 11.4 Å². The Morgan fingerprint density at radius 3 is 1.78 bits per heavy atom. The molecule has 0 fully saturated rings. The summed E-state index contributed by atoms with van der Waals surface area (Å²) in [5.41, 5.74) is 0. The van der Waals surface area contributed by atoms with Crippen molar-refractivity contribution in [1.29, 1.82) is 0 Å². The first-order valence-electron chi connectivity index (χ1n) is 1.27. The summed E-state index contributed by atoms with van der Waals surface area (Å²) in [6, 6.07) is 0. The van der Waals surface area contributed by atoms with E-state index in [-0.39, 0.29) is 6.15 Å². The SMILES string of the molecule is N.O=S([O-])OC(F)(F)F. The van der Waals surface area contributed by atoms with Gasteiger partial charge >= 0.3 is 6.36 Å². The molecule has 0 aromatic rings. The lowest BCUT2D eigenvalue weighted by molar-refractivity contribution is -0.272. The van der Waals surface area contributed by atoms with Crippen LogP contribution in [0.1, 0.15) is 0 Å². The van der Waals surface area contributed by atoms with Crippen molar-refractivity contribution in [3.8, 4) is 0 Å². The van der Waals surface area contributed by atoms with Gasteiger partial charge in [-0.15, -0.1) is 13.2 Å². The first kappa shape index (κ1) is 11.6. The Kier molecular flexibility index (Phi) is 4.86. The Bertz CT molecular complexity index is 102. The third-order valence-electron chi connectivity index (χ3n) is 0.163. The Morgan fingerprint density at radius 1 is 1.44 bits per heavy atom. The van der Waals surface area contributed by atoms with Crippen molar-refractivity contribution in [3.05, 3.63) is 0 Å². The third-order valence-corrected chi connectivity index (χ3v) is 0.488. The molecule has 9 heavy (non-hydrogen) atoms. The molecule has 0 saturated heterocycles. The van der Waals surface area contributed by atoms with Crippen LogP contribution in [0.5, 0.6) is 0 Å². The molecule has 0 spiro atoms. The van der Waals surface area contributed by atoms with Crippen LogP contribution in [-0.4, -0.2) is 15.1 Å². The van der Waals surface area contributed by atoms with E-state index in [1.165, 1.54) is 0 Å². The van der Waals surface area contributed by atoms with Gasteiger partial charge in [-0.3, -0.25) is 0 Å². The Labute approximate surface area is 51.1 Å². The molecule has 0 aromatic heterocycles. The van der Waals surface area contributed by atoms with E-state index in [4.69, 9.17) is 8.76 Å².